The van der Waals surface area contributed by atoms with Gasteiger partial charge in [0.05, 0.1) is 23.1 Å². The molecule has 2 aliphatic heterocycles. The van der Waals surface area contributed by atoms with Crippen molar-refractivity contribution in [3.63, 3.8) is 0 Å². The minimum atomic E-state index is -4.03. The number of benzene rings is 3. The number of hydrogen-bond donors (Lipinski definition) is 1. The molecule has 1 N–H and O–H groups in total. The zero-order valence-corrected chi connectivity index (χ0v) is 27.2. The van der Waals surface area contributed by atoms with Gasteiger partial charge in [-0.05, 0) is 54.4 Å². The lowest BCUT2D eigenvalue weighted by Gasteiger charge is -2.36. The molecule has 1 fully saturated rings. The molecule has 2 aliphatic rings. The summed E-state index contributed by atoms with van der Waals surface area (Å²) in [6.07, 6.45) is 5.77. The summed E-state index contributed by atoms with van der Waals surface area (Å²) in [4.78, 5) is 34.8. The van der Waals surface area contributed by atoms with Gasteiger partial charge in [-0.3, -0.25) is 14.7 Å². The number of hydrogen-bond acceptors (Lipinski definition) is 6. The third-order valence-corrected chi connectivity index (χ3v) is 9.90. The fourth-order valence-corrected chi connectivity index (χ4v) is 6.65. The third kappa shape index (κ3) is 6.37. The number of ether oxygens (including phenoxy) is 1. The van der Waals surface area contributed by atoms with Crippen LogP contribution in [-0.2, 0) is 14.8 Å². The Balaban J connectivity index is 1.80. The van der Waals surface area contributed by atoms with E-state index < -0.39 is 28.1 Å². The number of piperazine rings is 1. The van der Waals surface area contributed by atoms with Crippen molar-refractivity contribution in [2.45, 2.75) is 23.9 Å². The number of nitrogens with one attached hydrogen (secondary N) is 1. The highest BCUT2D eigenvalue weighted by Crippen LogP contribution is 2.46. The number of amides is 3. The van der Waals surface area contributed by atoms with Crippen LogP contribution in [0.5, 0.6) is 5.75 Å². The highest BCUT2D eigenvalue weighted by atomic mass is 35.5. The molecule has 0 aliphatic carbocycles. The summed E-state index contributed by atoms with van der Waals surface area (Å²) in [5.41, 5.74) is 1.82. The molecule has 3 aromatic carbocycles. The van der Waals surface area contributed by atoms with E-state index in [4.69, 9.17) is 39.4 Å². The van der Waals surface area contributed by atoms with Gasteiger partial charge < -0.3 is 15.0 Å². The van der Waals surface area contributed by atoms with Crippen LogP contribution in [0.25, 0.3) is 0 Å². The Hall–Kier alpha value is -4.08. The molecular weight excluding hydrogens is 637 g/mol. The highest BCUT2D eigenvalue weighted by molar-refractivity contribution is 7.89. The van der Waals surface area contributed by atoms with Gasteiger partial charge in [-0.1, -0.05) is 53.4 Å². The molecule has 0 spiro atoms. The molecule has 2 atom stereocenters. The topological polar surface area (TPSA) is 112 Å². The molecule has 0 unspecified atom stereocenters. The van der Waals surface area contributed by atoms with E-state index in [0.29, 0.717) is 15.6 Å². The lowest BCUT2D eigenvalue weighted by Crippen LogP contribution is -2.55. The van der Waals surface area contributed by atoms with E-state index in [2.05, 4.69) is 11.2 Å². The van der Waals surface area contributed by atoms with Gasteiger partial charge in [0, 0.05) is 42.8 Å². The van der Waals surface area contributed by atoms with Gasteiger partial charge in [0.2, 0.25) is 15.9 Å². The molecule has 1 saturated heterocycles. The molecule has 0 bridgehead atoms. The SMILES string of the molecule is C#Cc1cc(OCC)c(C2=N[C@@H](c3ccc(Cl)cc3)[C@@H](c3ccc(Cl)cc3)N2C(=O)N2CCNC(=O)C2)cc1S(=O)(=O)N(C)C. The van der Waals surface area contributed by atoms with Crippen molar-refractivity contribution in [1.82, 2.24) is 19.4 Å². The van der Waals surface area contributed by atoms with Gasteiger partial charge in [0.15, 0.2) is 0 Å². The van der Waals surface area contributed by atoms with Gasteiger partial charge >= 0.3 is 6.03 Å². The number of rotatable bonds is 7. The van der Waals surface area contributed by atoms with Crippen molar-refractivity contribution in [1.29, 1.82) is 0 Å². The Morgan fingerprint density at radius 2 is 1.71 bits per heavy atom. The van der Waals surface area contributed by atoms with Crippen molar-refractivity contribution in [2.75, 3.05) is 40.3 Å². The van der Waals surface area contributed by atoms with Crippen LogP contribution in [0.1, 0.15) is 41.3 Å². The third-order valence-electron chi connectivity index (χ3n) is 7.54. The Labute approximate surface area is 272 Å². The van der Waals surface area contributed by atoms with Crippen molar-refractivity contribution >= 4 is 51.0 Å². The first-order valence-electron chi connectivity index (χ1n) is 14.1. The molecule has 3 amide bonds. The Morgan fingerprint density at radius 1 is 1.09 bits per heavy atom. The molecule has 13 heteroatoms. The summed E-state index contributed by atoms with van der Waals surface area (Å²) in [5, 5.41) is 3.78. The average molecular weight is 669 g/mol. The van der Waals surface area contributed by atoms with E-state index in [1.807, 2.05) is 24.3 Å². The lowest BCUT2D eigenvalue weighted by molar-refractivity contribution is -0.123. The second-order valence-electron chi connectivity index (χ2n) is 10.6. The van der Waals surface area contributed by atoms with Crippen molar-refractivity contribution in [3.05, 3.63) is 93.0 Å². The first-order valence-corrected chi connectivity index (χ1v) is 16.3. The van der Waals surface area contributed by atoms with Gasteiger partial charge in [0.25, 0.3) is 0 Å². The number of terminal acetylenes is 1. The standard InChI is InChI=1S/C32H31Cl2N5O5S/c1-5-20-17-26(44-6-2)25(18-27(20)45(42,43)37(3)4)31-36-29(21-7-11-23(33)12-8-21)30(22-9-13-24(34)14-10-22)39(31)32(41)38-16-15-35-28(40)19-38/h1,7-14,17-18,29-30H,6,15-16,19H2,2-4H3,(H,35,40)/t29-,30+/m0/s1. The number of nitrogens with zero attached hydrogens (tertiary/aromatic N) is 4. The molecule has 0 aromatic heterocycles. The average Bonchev–Trinajstić information content (AvgIpc) is 3.41. The number of sulfonamides is 1. The number of halogens is 2. The minimum Gasteiger partial charge on any atom is -0.493 e. The maximum Gasteiger partial charge on any atom is 0.326 e. The molecular formula is C32H31Cl2N5O5S. The fourth-order valence-electron chi connectivity index (χ4n) is 5.34. The Morgan fingerprint density at radius 3 is 2.27 bits per heavy atom. The molecule has 0 radical (unpaired) electrons. The monoisotopic (exact) mass is 667 g/mol. The van der Waals surface area contributed by atoms with E-state index >= 15 is 0 Å². The van der Waals surface area contributed by atoms with Crippen LogP contribution in [0.3, 0.4) is 0 Å². The largest absolute Gasteiger partial charge is 0.493 e. The van der Waals surface area contributed by atoms with Crippen LogP contribution in [0, 0.1) is 12.3 Å². The summed E-state index contributed by atoms with van der Waals surface area (Å²) < 4.78 is 34.0. The van der Waals surface area contributed by atoms with Gasteiger partial charge in [0.1, 0.15) is 24.2 Å². The Kier molecular flexibility index (Phi) is 9.41. The number of carbonyl (C=O) groups excluding carboxylic acids is 2. The van der Waals surface area contributed by atoms with Crippen LogP contribution in [0.15, 0.2) is 70.6 Å². The van der Waals surface area contributed by atoms with Crippen LogP contribution < -0.4 is 10.1 Å². The molecule has 5 rings (SSSR count). The van der Waals surface area contributed by atoms with Crippen molar-refractivity contribution in [2.24, 2.45) is 4.99 Å². The zero-order valence-electron chi connectivity index (χ0n) is 24.8. The quantitative estimate of drug-likeness (QED) is 0.367. The fraction of sp³-hybridized carbons (Fsp3) is 0.281. The molecule has 3 aromatic rings. The molecule has 234 valence electrons. The highest BCUT2D eigenvalue weighted by Gasteiger charge is 2.45. The van der Waals surface area contributed by atoms with E-state index in [1.165, 1.54) is 36.0 Å². The van der Waals surface area contributed by atoms with E-state index in [9.17, 15) is 18.0 Å². The summed E-state index contributed by atoms with van der Waals surface area (Å²) in [6.45, 7) is 2.40. The number of urea groups is 1. The van der Waals surface area contributed by atoms with Crippen LogP contribution in [-0.4, -0.2) is 80.6 Å². The van der Waals surface area contributed by atoms with Crippen LogP contribution >= 0.6 is 23.2 Å². The first kappa shape index (κ1) is 32.3. The van der Waals surface area contributed by atoms with Gasteiger partial charge in [-0.15, -0.1) is 6.42 Å². The molecule has 0 saturated carbocycles. The normalized spacial score (nSPS) is 18.4. The predicted octanol–water partition coefficient (Wildman–Crippen LogP) is 4.72. The summed E-state index contributed by atoms with van der Waals surface area (Å²) in [5.74, 6) is 2.58. The maximum atomic E-state index is 14.5. The van der Waals surface area contributed by atoms with Crippen molar-refractivity contribution in [3.8, 4) is 18.1 Å². The molecule has 2 heterocycles. The predicted molar refractivity (Wildman–Crippen MR) is 173 cm³/mol. The van der Waals surface area contributed by atoms with Gasteiger partial charge in [-0.25, -0.2) is 17.5 Å². The number of carbonyl (C=O) groups is 2. The summed E-state index contributed by atoms with van der Waals surface area (Å²) in [7, 11) is -1.21. The summed E-state index contributed by atoms with van der Waals surface area (Å²) >= 11 is 12.5. The smallest absolute Gasteiger partial charge is 0.326 e. The van der Waals surface area contributed by atoms with Gasteiger partial charge in [-0.2, -0.15) is 0 Å². The van der Waals surface area contributed by atoms with Crippen molar-refractivity contribution < 1.29 is 22.7 Å². The summed E-state index contributed by atoms with van der Waals surface area (Å²) in [6, 6.07) is 15.2. The molecule has 45 heavy (non-hydrogen) atoms. The zero-order chi connectivity index (χ0) is 32.5. The minimum absolute atomic E-state index is 0.101. The first-order chi connectivity index (χ1) is 21.5. The Bertz CT molecular complexity index is 1800. The number of aliphatic imine (C=N–C) groups is 1. The second-order valence-corrected chi connectivity index (χ2v) is 13.6. The van der Waals surface area contributed by atoms with E-state index in [1.54, 1.807) is 31.2 Å². The van der Waals surface area contributed by atoms with E-state index in [-0.39, 0.29) is 59.8 Å². The maximum absolute atomic E-state index is 14.5. The van der Waals surface area contributed by atoms with Crippen LogP contribution in [0.4, 0.5) is 4.79 Å². The lowest BCUT2D eigenvalue weighted by atomic mass is 9.93. The van der Waals surface area contributed by atoms with Crippen LogP contribution in [0.2, 0.25) is 10.0 Å². The molecule has 10 nitrogen and oxygen atoms in total. The second kappa shape index (κ2) is 13.1. The number of amidine groups is 1. The van der Waals surface area contributed by atoms with E-state index in [0.717, 1.165) is 9.87 Å².